The summed E-state index contributed by atoms with van der Waals surface area (Å²) in [5.41, 5.74) is 1.27. The number of phenolic OH excluding ortho intramolecular Hbond substituents is 1. The van der Waals surface area contributed by atoms with E-state index in [-0.39, 0.29) is 5.75 Å². The summed E-state index contributed by atoms with van der Waals surface area (Å²) in [6.07, 6.45) is 13.0. The van der Waals surface area contributed by atoms with Crippen molar-refractivity contribution in [3.8, 4) is 17.2 Å². The maximum Gasteiger partial charge on any atom is 0.169 e. The molecule has 0 aromatic heterocycles. The van der Waals surface area contributed by atoms with Crippen LogP contribution in [0.5, 0.6) is 17.2 Å². The minimum atomic E-state index is 0.187. The normalized spacial score (nSPS) is 12.1. The van der Waals surface area contributed by atoms with Crippen molar-refractivity contribution in [3.63, 3.8) is 0 Å². The van der Waals surface area contributed by atoms with Crippen molar-refractivity contribution in [1.29, 1.82) is 0 Å². The number of benzene rings is 2. The largest absolute Gasteiger partial charge is 0.504 e. The smallest absolute Gasteiger partial charge is 0.169 e. The van der Waals surface area contributed by atoms with E-state index in [2.05, 4.69) is 26.0 Å². The number of phenols is 1. The maximum absolute atomic E-state index is 10.0. The van der Waals surface area contributed by atoms with Crippen molar-refractivity contribution in [2.75, 3.05) is 0 Å². The standard InChI is InChI=1S/C25H36O2/c1-3-5-6-7-8-9-10-16-21(15-4-2)22-17-11-13-19-24(22)27-25-20-14-12-18-23(25)26/h11-14,17-21,26H,3-10,15-16H2,1-2H3. The van der Waals surface area contributed by atoms with Crippen molar-refractivity contribution < 1.29 is 9.84 Å². The molecule has 148 valence electrons. The van der Waals surface area contributed by atoms with Crippen LogP contribution in [0.3, 0.4) is 0 Å². The van der Waals surface area contributed by atoms with Crippen LogP contribution in [0.15, 0.2) is 48.5 Å². The Kier molecular flexibility index (Phi) is 9.83. The molecule has 0 saturated carbocycles. The Morgan fingerprint density at radius 2 is 1.33 bits per heavy atom. The highest BCUT2D eigenvalue weighted by Crippen LogP contribution is 2.38. The number of hydrogen-bond acceptors (Lipinski definition) is 2. The monoisotopic (exact) mass is 368 g/mol. The Morgan fingerprint density at radius 3 is 2.04 bits per heavy atom. The van der Waals surface area contributed by atoms with Gasteiger partial charge in [-0.3, -0.25) is 0 Å². The number of rotatable bonds is 13. The topological polar surface area (TPSA) is 29.5 Å². The highest BCUT2D eigenvalue weighted by atomic mass is 16.5. The third-order valence-corrected chi connectivity index (χ3v) is 5.24. The molecule has 27 heavy (non-hydrogen) atoms. The molecule has 2 heteroatoms. The zero-order chi connectivity index (χ0) is 19.3. The van der Waals surface area contributed by atoms with Gasteiger partial charge in [0.05, 0.1) is 0 Å². The van der Waals surface area contributed by atoms with Gasteiger partial charge in [-0.25, -0.2) is 0 Å². The zero-order valence-electron chi connectivity index (χ0n) is 17.1. The van der Waals surface area contributed by atoms with Crippen LogP contribution in [0.25, 0.3) is 0 Å². The van der Waals surface area contributed by atoms with Gasteiger partial charge >= 0.3 is 0 Å². The van der Waals surface area contributed by atoms with Gasteiger partial charge < -0.3 is 9.84 Å². The van der Waals surface area contributed by atoms with Gasteiger partial charge in [0.1, 0.15) is 5.75 Å². The van der Waals surface area contributed by atoms with E-state index in [1.165, 1.54) is 69.8 Å². The summed E-state index contributed by atoms with van der Waals surface area (Å²) in [5.74, 6) is 2.11. The van der Waals surface area contributed by atoms with E-state index in [1.807, 2.05) is 30.3 Å². The molecule has 2 aromatic rings. The van der Waals surface area contributed by atoms with Gasteiger partial charge in [-0.15, -0.1) is 0 Å². The molecule has 1 atom stereocenters. The van der Waals surface area contributed by atoms with Crippen molar-refractivity contribution in [2.24, 2.45) is 0 Å². The molecule has 0 aliphatic carbocycles. The minimum Gasteiger partial charge on any atom is -0.504 e. The summed E-state index contributed by atoms with van der Waals surface area (Å²) in [4.78, 5) is 0. The molecule has 2 aromatic carbocycles. The highest BCUT2D eigenvalue weighted by molar-refractivity contribution is 5.45. The number of unbranched alkanes of at least 4 members (excludes halogenated alkanes) is 6. The third kappa shape index (κ3) is 7.28. The Balaban J connectivity index is 1.98. The molecule has 0 fully saturated rings. The zero-order valence-corrected chi connectivity index (χ0v) is 17.1. The summed E-state index contributed by atoms with van der Waals surface area (Å²) in [6.45, 7) is 4.52. The van der Waals surface area contributed by atoms with Crippen LogP contribution in [0.1, 0.15) is 89.5 Å². The summed E-state index contributed by atoms with van der Waals surface area (Å²) in [5, 5.41) is 10.0. The molecular formula is C25H36O2. The van der Waals surface area contributed by atoms with E-state index >= 15 is 0 Å². The first kappa shape index (κ1) is 21.3. The Bertz CT molecular complexity index is 650. The van der Waals surface area contributed by atoms with Crippen LogP contribution in [0.2, 0.25) is 0 Å². The van der Waals surface area contributed by atoms with Crippen LogP contribution in [0.4, 0.5) is 0 Å². The van der Waals surface area contributed by atoms with E-state index in [4.69, 9.17) is 4.74 Å². The predicted molar refractivity (Wildman–Crippen MR) is 115 cm³/mol. The average molecular weight is 369 g/mol. The van der Waals surface area contributed by atoms with Crippen molar-refractivity contribution >= 4 is 0 Å². The van der Waals surface area contributed by atoms with Gasteiger partial charge in [0, 0.05) is 0 Å². The second-order valence-corrected chi connectivity index (χ2v) is 7.50. The average Bonchev–Trinajstić information content (AvgIpc) is 2.69. The van der Waals surface area contributed by atoms with Crippen molar-refractivity contribution in [2.45, 2.75) is 84.0 Å². The molecule has 1 N–H and O–H groups in total. The lowest BCUT2D eigenvalue weighted by Crippen LogP contribution is -2.02. The van der Waals surface area contributed by atoms with E-state index in [9.17, 15) is 5.11 Å². The van der Waals surface area contributed by atoms with Gasteiger partial charge in [-0.2, -0.15) is 0 Å². The molecule has 0 heterocycles. The van der Waals surface area contributed by atoms with Crippen LogP contribution >= 0.6 is 0 Å². The molecule has 0 radical (unpaired) electrons. The second-order valence-electron chi connectivity index (χ2n) is 7.50. The van der Waals surface area contributed by atoms with Crippen LogP contribution in [0, 0.1) is 0 Å². The van der Waals surface area contributed by atoms with Crippen LogP contribution in [-0.2, 0) is 0 Å². The highest BCUT2D eigenvalue weighted by Gasteiger charge is 2.16. The summed E-state index contributed by atoms with van der Waals surface area (Å²) < 4.78 is 6.09. The van der Waals surface area contributed by atoms with E-state index < -0.39 is 0 Å². The SMILES string of the molecule is CCCCCCCCCC(CCC)c1ccccc1Oc1ccccc1O. The maximum atomic E-state index is 10.0. The lowest BCUT2D eigenvalue weighted by Gasteiger charge is -2.20. The van der Waals surface area contributed by atoms with Gasteiger partial charge in [-0.1, -0.05) is 95.5 Å². The molecule has 0 aliphatic rings. The summed E-state index contributed by atoms with van der Waals surface area (Å²) in [7, 11) is 0. The molecule has 0 spiro atoms. The number of ether oxygens (including phenoxy) is 1. The fraction of sp³-hybridized carbons (Fsp3) is 0.520. The number of hydrogen-bond donors (Lipinski definition) is 1. The number of para-hydroxylation sites is 3. The Labute approximate surface area is 165 Å². The summed E-state index contributed by atoms with van der Waals surface area (Å²) >= 11 is 0. The van der Waals surface area contributed by atoms with Crippen molar-refractivity contribution in [1.82, 2.24) is 0 Å². The quantitative estimate of drug-likeness (QED) is 0.361. The van der Waals surface area contributed by atoms with E-state index in [0.29, 0.717) is 11.7 Å². The second kappa shape index (κ2) is 12.4. The molecule has 2 rings (SSSR count). The minimum absolute atomic E-state index is 0.187. The fourth-order valence-electron chi connectivity index (χ4n) is 3.72. The van der Waals surface area contributed by atoms with Gasteiger partial charge in [0.15, 0.2) is 11.5 Å². The fourth-order valence-corrected chi connectivity index (χ4v) is 3.72. The molecule has 0 saturated heterocycles. The first-order valence-electron chi connectivity index (χ1n) is 10.8. The predicted octanol–water partition coefficient (Wildman–Crippen LogP) is 8.21. The van der Waals surface area contributed by atoms with Gasteiger partial charge in [-0.05, 0) is 42.5 Å². The summed E-state index contributed by atoms with van der Waals surface area (Å²) in [6, 6.07) is 15.5. The third-order valence-electron chi connectivity index (χ3n) is 5.24. The van der Waals surface area contributed by atoms with Crippen LogP contribution in [-0.4, -0.2) is 5.11 Å². The molecule has 0 aliphatic heterocycles. The molecule has 2 nitrogen and oxygen atoms in total. The van der Waals surface area contributed by atoms with Crippen LogP contribution < -0.4 is 4.74 Å². The molecular weight excluding hydrogens is 332 g/mol. The van der Waals surface area contributed by atoms with Gasteiger partial charge in [0.25, 0.3) is 0 Å². The van der Waals surface area contributed by atoms with Crippen molar-refractivity contribution in [3.05, 3.63) is 54.1 Å². The first-order chi connectivity index (χ1) is 13.3. The van der Waals surface area contributed by atoms with Gasteiger partial charge in [0.2, 0.25) is 0 Å². The lowest BCUT2D eigenvalue weighted by molar-refractivity contribution is 0.403. The lowest BCUT2D eigenvalue weighted by atomic mass is 9.88. The molecule has 0 bridgehead atoms. The van der Waals surface area contributed by atoms with E-state index in [0.717, 1.165) is 5.75 Å². The first-order valence-corrected chi connectivity index (χ1v) is 10.8. The Morgan fingerprint density at radius 1 is 0.704 bits per heavy atom. The molecule has 1 unspecified atom stereocenters. The van der Waals surface area contributed by atoms with E-state index in [1.54, 1.807) is 6.07 Å². The number of aromatic hydroxyl groups is 1. The Hall–Kier alpha value is -1.96. The molecule has 0 amide bonds.